The van der Waals surface area contributed by atoms with E-state index in [1.54, 1.807) is 30.7 Å². The average Bonchev–Trinajstić information content (AvgIpc) is 3.02. The van der Waals surface area contributed by atoms with Gasteiger partial charge in [-0.1, -0.05) is 12.1 Å². The molecule has 138 valence electrons. The molecule has 0 bridgehead atoms. The Morgan fingerprint density at radius 1 is 1.44 bits per heavy atom. The molecule has 1 heterocycles. The Kier molecular flexibility index (Phi) is 8.30. The number of rotatable bonds is 8. The van der Waals surface area contributed by atoms with Crippen LogP contribution < -0.4 is 10.1 Å². The van der Waals surface area contributed by atoms with Crippen molar-refractivity contribution in [2.24, 2.45) is 0 Å². The van der Waals surface area contributed by atoms with E-state index in [2.05, 4.69) is 20.8 Å². The van der Waals surface area contributed by atoms with Crippen molar-refractivity contribution in [3.05, 3.63) is 35.7 Å². The summed E-state index contributed by atoms with van der Waals surface area (Å²) >= 11 is 0. The monoisotopic (exact) mass is 368 g/mol. The maximum atomic E-state index is 12.9. The molecule has 0 saturated heterocycles. The first-order valence-corrected chi connectivity index (χ1v) is 7.83. The number of likely N-dealkylation sites (N-methyl/N-ethyl adjacent to an activating group) is 2. The van der Waals surface area contributed by atoms with Crippen LogP contribution in [-0.2, 0) is 11.2 Å². The van der Waals surface area contributed by atoms with Gasteiger partial charge in [-0.2, -0.15) is 0 Å². The van der Waals surface area contributed by atoms with E-state index in [1.165, 1.54) is 0 Å². The van der Waals surface area contributed by atoms with Crippen molar-refractivity contribution in [1.82, 2.24) is 30.4 Å². The zero-order valence-electron chi connectivity index (χ0n) is 15.0. The molecule has 0 radical (unpaired) electrons. The minimum absolute atomic E-state index is 0. The number of hydrogen-bond donors (Lipinski definition) is 1. The first kappa shape index (κ1) is 20.9. The summed E-state index contributed by atoms with van der Waals surface area (Å²) in [5, 5.41) is 14.6. The number of halogens is 1. The predicted molar refractivity (Wildman–Crippen MR) is 97.1 cm³/mol. The summed E-state index contributed by atoms with van der Waals surface area (Å²) in [6.45, 7) is 3.13. The largest absolute Gasteiger partial charge is 0.497 e. The lowest BCUT2D eigenvalue weighted by molar-refractivity contribution is -0.133. The van der Waals surface area contributed by atoms with Gasteiger partial charge in [-0.15, -0.1) is 17.5 Å². The van der Waals surface area contributed by atoms with E-state index in [4.69, 9.17) is 4.74 Å². The number of nitrogens with zero attached hydrogens (tertiary/aromatic N) is 5. The van der Waals surface area contributed by atoms with Gasteiger partial charge in [-0.05, 0) is 42.1 Å². The summed E-state index contributed by atoms with van der Waals surface area (Å²) in [5.41, 5.74) is 0.990. The van der Waals surface area contributed by atoms with Crippen LogP contribution in [0.4, 0.5) is 0 Å². The standard InChI is InChI=1S/C16H24N6O2.ClH/c1-12-18-19-20-22(12)15(16(23)21(3)9-8-17-2)11-13-6-5-7-14(10-13)24-4;/h5-7,10,15,17H,8-9,11H2,1-4H3;1H. The van der Waals surface area contributed by atoms with E-state index in [0.717, 1.165) is 17.9 Å². The van der Waals surface area contributed by atoms with Gasteiger partial charge in [-0.3, -0.25) is 4.79 Å². The lowest BCUT2D eigenvalue weighted by Crippen LogP contribution is -2.39. The quantitative estimate of drug-likeness (QED) is 0.744. The Balaban J connectivity index is 0.00000312. The third-order valence-corrected chi connectivity index (χ3v) is 3.87. The number of methoxy groups -OCH3 is 1. The number of hydrogen-bond acceptors (Lipinski definition) is 6. The minimum atomic E-state index is -0.492. The molecular weight excluding hydrogens is 344 g/mol. The van der Waals surface area contributed by atoms with E-state index < -0.39 is 6.04 Å². The Bertz CT molecular complexity index is 678. The maximum Gasteiger partial charge on any atom is 0.247 e. The van der Waals surface area contributed by atoms with Gasteiger partial charge < -0.3 is 15.0 Å². The van der Waals surface area contributed by atoms with E-state index in [1.807, 2.05) is 31.3 Å². The minimum Gasteiger partial charge on any atom is -0.497 e. The molecule has 1 amide bonds. The van der Waals surface area contributed by atoms with Gasteiger partial charge in [0.1, 0.15) is 17.6 Å². The highest BCUT2D eigenvalue weighted by molar-refractivity contribution is 5.85. The van der Waals surface area contributed by atoms with Gasteiger partial charge in [0.25, 0.3) is 0 Å². The number of benzene rings is 1. The molecule has 1 unspecified atom stereocenters. The van der Waals surface area contributed by atoms with Crippen LogP contribution in [0.25, 0.3) is 0 Å². The average molecular weight is 369 g/mol. The SMILES string of the molecule is CNCCN(C)C(=O)C(Cc1cccc(OC)c1)n1nnnc1C.Cl. The second kappa shape index (κ2) is 9.95. The number of aryl methyl sites for hydroxylation is 1. The van der Waals surface area contributed by atoms with Crippen LogP contribution in [0.3, 0.4) is 0 Å². The van der Waals surface area contributed by atoms with E-state index in [-0.39, 0.29) is 18.3 Å². The fourth-order valence-electron chi connectivity index (χ4n) is 2.47. The van der Waals surface area contributed by atoms with Crippen molar-refractivity contribution >= 4 is 18.3 Å². The molecule has 0 spiro atoms. The number of amides is 1. The molecule has 0 aliphatic carbocycles. The highest BCUT2D eigenvalue weighted by atomic mass is 35.5. The van der Waals surface area contributed by atoms with Crippen molar-refractivity contribution in [3.63, 3.8) is 0 Å². The fraction of sp³-hybridized carbons (Fsp3) is 0.500. The molecule has 0 aliphatic rings. The van der Waals surface area contributed by atoms with Crippen LogP contribution in [0.1, 0.15) is 17.4 Å². The molecule has 1 N–H and O–H groups in total. The second-order valence-electron chi connectivity index (χ2n) is 5.61. The predicted octanol–water partition coefficient (Wildman–Crippen LogP) is 0.874. The summed E-state index contributed by atoms with van der Waals surface area (Å²) in [7, 11) is 5.27. The molecule has 2 aromatic rings. The maximum absolute atomic E-state index is 12.9. The van der Waals surface area contributed by atoms with Gasteiger partial charge in [0.15, 0.2) is 0 Å². The van der Waals surface area contributed by atoms with Gasteiger partial charge in [-0.25, -0.2) is 4.68 Å². The Morgan fingerprint density at radius 3 is 2.80 bits per heavy atom. The van der Waals surface area contributed by atoms with Crippen molar-refractivity contribution < 1.29 is 9.53 Å². The van der Waals surface area contributed by atoms with Crippen LogP contribution in [-0.4, -0.2) is 65.3 Å². The Labute approximate surface area is 153 Å². The lowest BCUT2D eigenvalue weighted by atomic mass is 10.0. The molecule has 1 atom stereocenters. The summed E-state index contributed by atoms with van der Waals surface area (Å²) in [6.07, 6.45) is 0.492. The zero-order valence-corrected chi connectivity index (χ0v) is 15.8. The smallest absolute Gasteiger partial charge is 0.247 e. The van der Waals surface area contributed by atoms with Gasteiger partial charge >= 0.3 is 0 Å². The zero-order chi connectivity index (χ0) is 17.5. The van der Waals surface area contributed by atoms with Gasteiger partial charge in [0.2, 0.25) is 5.91 Å². The highest BCUT2D eigenvalue weighted by Gasteiger charge is 2.27. The van der Waals surface area contributed by atoms with Crippen LogP contribution in [0.15, 0.2) is 24.3 Å². The number of nitrogens with one attached hydrogen (secondary N) is 1. The molecule has 0 saturated carbocycles. The highest BCUT2D eigenvalue weighted by Crippen LogP contribution is 2.20. The molecule has 1 aromatic heterocycles. The Morgan fingerprint density at radius 2 is 2.20 bits per heavy atom. The first-order chi connectivity index (χ1) is 11.6. The second-order valence-corrected chi connectivity index (χ2v) is 5.61. The van der Waals surface area contributed by atoms with E-state index in [0.29, 0.717) is 18.8 Å². The number of ether oxygens (including phenoxy) is 1. The third kappa shape index (κ3) is 5.40. The van der Waals surface area contributed by atoms with Crippen molar-refractivity contribution in [1.29, 1.82) is 0 Å². The van der Waals surface area contributed by atoms with Crippen molar-refractivity contribution in [3.8, 4) is 5.75 Å². The molecular formula is C16H25ClN6O2. The van der Waals surface area contributed by atoms with E-state index >= 15 is 0 Å². The molecule has 0 aliphatic heterocycles. The van der Waals surface area contributed by atoms with Gasteiger partial charge in [0.05, 0.1) is 7.11 Å². The van der Waals surface area contributed by atoms with Crippen LogP contribution >= 0.6 is 12.4 Å². The molecule has 0 fully saturated rings. The van der Waals surface area contributed by atoms with Crippen molar-refractivity contribution in [2.75, 3.05) is 34.3 Å². The van der Waals surface area contributed by atoms with Crippen LogP contribution in [0, 0.1) is 6.92 Å². The number of carbonyl (C=O) groups is 1. The van der Waals surface area contributed by atoms with E-state index in [9.17, 15) is 4.79 Å². The van der Waals surface area contributed by atoms with Crippen molar-refractivity contribution in [2.45, 2.75) is 19.4 Å². The van der Waals surface area contributed by atoms with Crippen LogP contribution in [0.5, 0.6) is 5.75 Å². The fourth-order valence-corrected chi connectivity index (χ4v) is 2.47. The molecule has 9 heteroatoms. The van der Waals surface area contributed by atoms with Crippen LogP contribution in [0.2, 0.25) is 0 Å². The summed E-state index contributed by atoms with van der Waals surface area (Å²) in [5.74, 6) is 1.34. The lowest BCUT2D eigenvalue weighted by Gasteiger charge is -2.24. The first-order valence-electron chi connectivity index (χ1n) is 7.83. The number of aromatic nitrogens is 4. The molecule has 8 nitrogen and oxygen atoms in total. The normalized spacial score (nSPS) is 11.5. The number of carbonyl (C=O) groups excluding carboxylic acids is 1. The third-order valence-electron chi connectivity index (χ3n) is 3.87. The molecule has 1 aromatic carbocycles. The summed E-state index contributed by atoms with van der Waals surface area (Å²) in [6, 6.07) is 7.19. The summed E-state index contributed by atoms with van der Waals surface area (Å²) < 4.78 is 6.84. The van der Waals surface area contributed by atoms with Gasteiger partial charge in [0, 0.05) is 26.6 Å². The molecule has 2 rings (SSSR count). The topological polar surface area (TPSA) is 85.2 Å². The Hall–Kier alpha value is -2.19. The number of tetrazole rings is 1. The summed E-state index contributed by atoms with van der Waals surface area (Å²) in [4.78, 5) is 14.6. The molecule has 25 heavy (non-hydrogen) atoms.